The van der Waals surface area contributed by atoms with Gasteiger partial charge in [0.2, 0.25) is 0 Å². The second kappa shape index (κ2) is 7.64. The van der Waals surface area contributed by atoms with Crippen molar-refractivity contribution in [1.82, 2.24) is 0 Å². The van der Waals surface area contributed by atoms with Gasteiger partial charge >= 0.3 is 5.97 Å². The number of hydrogen-bond donors (Lipinski definition) is 2. The zero-order chi connectivity index (χ0) is 19.5. The Hall–Kier alpha value is -2.76. The largest absolute Gasteiger partial charge is 0.511 e. The molecule has 0 bridgehead atoms. The predicted octanol–water partition coefficient (Wildman–Crippen LogP) is 3.61. The number of carbonyl (C=O) groups is 2. The van der Waals surface area contributed by atoms with Gasteiger partial charge in [-0.2, -0.15) is 0 Å². The summed E-state index contributed by atoms with van der Waals surface area (Å²) in [6.07, 6.45) is 1.83. The van der Waals surface area contributed by atoms with Crippen molar-refractivity contribution in [1.29, 1.82) is 0 Å². The lowest BCUT2D eigenvalue weighted by molar-refractivity contribution is -0.150. The number of nitrogens with one attached hydrogen (secondary N) is 1. The first-order valence-electron chi connectivity index (χ1n) is 8.37. The van der Waals surface area contributed by atoms with Gasteiger partial charge in [0.1, 0.15) is 17.4 Å². The summed E-state index contributed by atoms with van der Waals surface area (Å²) in [4.78, 5) is 24.9. The summed E-state index contributed by atoms with van der Waals surface area (Å²) in [7, 11) is 2.85. The third-order valence-electron chi connectivity index (χ3n) is 4.57. The fourth-order valence-electron chi connectivity index (χ4n) is 3.21. The van der Waals surface area contributed by atoms with Gasteiger partial charge in [-0.15, -0.1) is 0 Å². The second-order valence-corrected chi connectivity index (χ2v) is 6.86. The van der Waals surface area contributed by atoms with Gasteiger partial charge in [-0.05, 0) is 36.6 Å². The summed E-state index contributed by atoms with van der Waals surface area (Å²) in [6, 6.07) is 7.17. The number of ether oxygens (including phenoxy) is 2. The van der Waals surface area contributed by atoms with E-state index in [4.69, 9.17) is 9.47 Å². The molecule has 1 aromatic carbocycles. The standard InChI is InChI=1S/C20H25NO5/c1-6-14(21-12-7-9-13(25-4)10-8-12)16-15(22)11-20(2,3)17(18(16)23)19(24)26-5/h6-10,17,21,23H,11H2,1-5H3/b14-6-/t17-/m0/s1. The smallest absolute Gasteiger partial charge is 0.316 e. The Morgan fingerprint density at radius 2 is 1.88 bits per heavy atom. The second-order valence-electron chi connectivity index (χ2n) is 6.86. The molecule has 0 aliphatic heterocycles. The van der Waals surface area contributed by atoms with E-state index in [1.165, 1.54) is 7.11 Å². The number of Topliss-reactive ketones (excluding diaryl/α,β-unsaturated/α-hetero) is 1. The number of aliphatic hydroxyl groups is 1. The molecule has 0 heterocycles. The topological polar surface area (TPSA) is 84.9 Å². The molecule has 0 radical (unpaired) electrons. The Morgan fingerprint density at radius 3 is 2.38 bits per heavy atom. The van der Waals surface area contributed by atoms with E-state index in [-0.39, 0.29) is 23.5 Å². The van der Waals surface area contributed by atoms with Crippen molar-refractivity contribution < 1.29 is 24.2 Å². The van der Waals surface area contributed by atoms with Crippen LogP contribution in [0.15, 0.2) is 47.4 Å². The van der Waals surface area contributed by atoms with Crippen molar-refractivity contribution >= 4 is 17.4 Å². The van der Waals surface area contributed by atoms with Crippen LogP contribution in [0.1, 0.15) is 27.2 Å². The van der Waals surface area contributed by atoms with Gasteiger partial charge in [-0.3, -0.25) is 9.59 Å². The molecule has 140 valence electrons. The first-order chi connectivity index (χ1) is 12.2. The summed E-state index contributed by atoms with van der Waals surface area (Å²) in [5.41, 5.74) is 0.572. The van der Waals surface area contributed by atoms with Gasteiger partial charge in [0.15, 0.2) is 5.78 Å². The van der Waals surface area contributed by atoms with Crippen molar-refractivity contribution in [2.75, 3.05) is 19.5 Å². The normalized spacial score (nSPS) is 20.0. The zero-order valence-electron chi connectivity index (χ0n) is 15.8. The van der Waals surface area contributed by atoms with Gasteiger partial charge in [0.05, 0.1) is 19.8 Å². The highest BCUT2D eigenvalue weighted by Crippen LogP contribution is 2.43. The zero-order valence-corrected chi connectivity index (χ0v) is 15.8. The molecule has 0 saturated carbocycles. The third-order valence-corrected chi connectivity index (χ3v) is 4.57. The Morgan fingerprint density at radius 1 is 1.27 bits per heavy atom. The number of carbonyl (C=O) groups excluding carboxylic acids is 2. The Kier molecular flexibility index (Phi) is 5.75. The highest BCUT2D eigenvalue weighted by Gasteiger charge is 2.47. The van der Waals surface area contributed by atoms with Crippen molar-refractivity contribution in [3.63, 3.8) is 0 Å². The van der Waals surface area contributed by atoms with E-state index in [2.05, 4.69) is 5.32 Å². The molecule has 1 atom stereocenters. The van der Waals surface area contributed by atoms with E-state index in [1.807, 2.05) is 0 Å². The maximum atomic E-state index is 12.7. The van der Waals surface area contributed by atoms with Crippen LogP contribution in [0.2, 0.25) is 0 Å². The van der Waals surface area contributed by atoms with Crippen molar-refractivity contribution in [2.45, 2.75) is 27.2 Å². The summed E-state index contributed by atoms with van der Waals surface area (Å²) < 4.78 is 9.97. The molecular formula is C20H25NO5. The van der Waals surface area contributed by atoms with Gasteiger partial charge in [0.25, 0.3) is 0 Å². The molecule has 26 heavy (non-hydrogen) atoms. The average Bonchev–Trinajstić information content (AvgIpc) is 2.59. The van der Waals surface area contributed by atoms with Gasteiger partial charge < -0.3 is 19.9 Å². The van der Waals surface area contributed by atoms with Crippen LogP contribution in [0, 0.1) is 11.3 Å². The molecule has 0 spiro atoms. The highest BCUT2D eigenvalue weighted by atomic mass is 16.5. The van der Waals surface area contributed by atoms with Crippen LogP contribution < -0.4 is 10.1 Å². The number of hydrogen-bond acceptors (Lipinski definition) is 6. The van der Waals surface area contributed by atoms with Crippen LogP contribution in [0.3, 0.4) is 0 Å². The summed E-state index contributed by atoms with van der Waals surface area (Å²) in [6.45, 7) is 5.30. The lowest BCUT2D eigenvalue weighted by atomic mass is 9.68. The van der Waals surface area contributed by atoms with E-state index in [0.717, 1.165) is 5.69 Å². The molecule has 0 unspecified atom stereocenters. The minimum Gasteiger partial charge on any atom is -0.511 e. The Bertz CT molecular complexity index is 759. The predicted molar refractivity (Wildman–Crippen MR) is 98.9 cm³/mol. The van der Waals surface area contributed by atoms with Gasteiger partial charge in [-0.25, -0.2) is 0 Å². The molecule has 1 aromatic rings. The average molecular weight is 359 g/mol. The number of ketones is 1. The van der Waals surface area contributed by atoms with E-state index < -0.39 is 17.3 Å². The quantitative estimate of drug-likeness (QED) is 0.781. The van der Waals surface area contributed by atoms with Crippen LogP contribution in [0.25, 0.3) is 0 Å². The number of methoxy groups -OCH3 is 2. The fourth-order valence-corrected chi connectivity index (χ4v) is 3.21. The molecule has 6 nitrogen and oxygen atoms in total. The highest BCUT2D eigenvalue weighted by molar-refractivity contribution is 6.03. The van der Waals surface area contributed by atoms with E-state index in [1.54, 1.807) is 58.2 Å². The fraction of sp³-hybridized carbons (Fsp3) is 0.400. The number of rotatable bonds is 5. The van der Waals surface area contributed by atoms with Crippen LogP contribution in [-0.2, 0) is 14.3 Å². The first-order valence-corrected chi connectivity index (χ1v) is 8.37. The lowest BCUT2D eigenvalue weighted by Gasteiger charge is -2.36. The molecule has 2 rings (SSSR count). The molecule has 0 aromatic heterocycles. The maximum Gasteiger partial charge on any atom is 0.316 e. The van der Waals surface area contributed by atoms with E-state index in [0.29, 0.717) is 11.4 Å². The van der Waals surface area contributed by atoms with Crippen molar-refractivity contribution in [3.05, 3.63) is 47.4 Å². The number of esters is 1. The lowest BCUT2D eigenvalue weighted by Crippen LogP contribution is -2.41. The van der Waals surface area contributed by atoms with Crippen LogP contribution in [0.4, 0.5) is 5.69 Å². The summed E-state index contributed by atoms with van der Waals surface area (Å²) in [5, 5.41) is 13.9. The number of aliphatic hydroxyl groups excluding tert-OH is 1. The molecule has 0 fully saturated rings. The molecule has 0 saturated heterocycles. The molecule has 1 aliphatic rings. The van der Waals surface area contributed by atoms with Crippen LogP contribution in [-0.4, -0.2) is 31.1 Å². The minimum absolute atomic E-state index is 0.123. The first kappa shape index (κ1) is 19.6. The number of allylic oxidation sites excluding steroid dienone is 2. The van der Waals surface area contributed by atoms with Gasteiger partial charge in [0, 0.05) is 17.8 Å². The monoisotopic (exact) mass is 359 g/mol. The van der Waals surface area contributed by atoms with Crippen molar-refractivity contribution in [2.24, 2.45) is 11.3 Å². The maximum absolute atomic E-state index is 12.7. The molecule has 1 aliphatic carbocycles. The Balaban J connectivity index is 2.43. The van der Waals surface area contributed by atoms with Crippen LogP contribution >= 0.6 is 0 Å². The van der Waals surface area contributed by atoms with Crippen LogP contribution in [0.5, 0.6) is 5.75 Å². The van der Waals surface area contributed by atoms with E-state index in [9.17, 15) is 14.7 Å². The number of anilines is 1. The van der Waals surface area contributed by atoms with E-state index >= 15 is 0 Å². The third kappa shape index (κ3) is 3.74. The minimum atomic E-state index is -0.896. The number of benzene rings is 1. The SMILES string of the molecule is C/C=C(\Nc1ccc(OC)cc1)C1=C(O)[C@@H](C(=O)OC)C(C)(C)CC1=O. The molecule has 2 N–H and O–H groups in total. The van der Waals surface area contributed by atoms with Gasteiger partial charge in [-0.1, -0.05) is 19.9 Å². The Labute approximate surface area is 153 Å². The summed E-state index contributed by atoms with van der Waals surface area (Å²) >= 11 is 0. The molecule has 6 heteroatoms. The summed E-state index contributed by atoms with van der Waals surface area (Å²) in [5.74, 6) is -1.22. The molecular weight excluding hydrogens is 334 g/mol. The van der Waals surface area contributed by atoms with Crippen molar-refractivity contribution in [3.8, 4) is 5.75 Å². The molecule has 0 amide bonds.